The lowest BCUT2D eigenvalue weighted by molar-refractivity contribution is 0.0940. The van der Waals surface area contributed by atoms with Gasteiger partial charge in [0.25, 0.3) is 5.91 Å². The van der Waals surface area contributed by atoms with Crippen molar-refractivity contribution in [3.05, 3.63) is 83.9 Å². The summed E-state index contributed by atoms with van der Waals surface area (Å²) in [5, 5.41) is 7.61. The lowest BCUT2D eigenvalue weighted by atomic mass is 10.1. The highest BCUT2D eigenvalue weighted by molar-refractivity contribution is 5.94. The number of hydrogen-bond donors (Lipinski definition) is 1. The molecule has 0 unspecified atom stereocenters. The summed E-state index contributed by atoms with van der Waals surface area (Å²) in [6.45, 7) is 2.30. The summed E-state index contributed by atoms with van der Waals surface area (Å²) in [4.78, 5) is 13.0. The van der Waals surface area contributed by atoms with Gasteiger partial charge in [0.15, 0.2) is 0 Å². The van der Waals surface area contributed by atoms with Gasteiger partial charge in [-0.15, -0.1) is 0 Å². The van der Waals surface area contributed by atoms with Crippen LogP contribution in [0, 0.1) is 6.92 Å². The summed E-state index contributed by atoms with van der Waals surface area (Å²) in [5.74, 6) is 1.69. The first kappa shape index (κ1) is 20.3. The predicted molar refractivity (Wildman–Crippen MR) is 117 cm³/mol. The molecular formula is C24H23N3O4. The van der Waals surface area contributed by atoms with E-state index in [9.17, 15) is 4.79 Å². The van der Waals surface area contributed by atoms with Crippen LogP contribution in [-0.4, -0.2) is 29.9 Å². The van der Waals surface area contributed by atoms with Gasteiger partial charge >= 0.3 is 0 Å². The van der Waals surface area contributed by atoms with E-state index in [-0.39, 0.29) is 12.5 Å². The smallest absolute Gasteiger partial charge is 0.270 e. The third-order valence-electron chi connectivity index (χ3n) is 4.91. The largest absolute Gasteiger partial charge is 0.497 e. The van der Waals surface area contributed by atoms with Gasteiger partial charge in [0.05, 0.1) is 38.4 Å². The van der Waals surface area contributed by atoms with E-state index in [0.29, 0.717) is 28.6 Å². The first-order valence-electron chi connectivity index (χ1n) is 9.79. The zero-order valence-corrected chi connectivity index (χ0v) is 17.6. The zero-order chi connectivity index (χ0) is 21.8. The Hall–Kier alpha value is -4.00. The van der Waals surface area contributed by atoms with Crippen molar-refractivity contribution in [2.75, 3.05) is 14.2 Å². The molecule has 2 heterocycles. The summed E-state index contributed by atoms with van der Waals surface area (Å²) in [7, 11) is 3.19. The van der Waals surface area contributed by atoms with Crippen molar-refractivity contribution in [1.82, 2.24) is 15.1 Å². The molecule has 0 bridgehead atoms. The number of amides is 1. The second kappa shape index (κ2) is 8.79. The van der Waals surface area contributed by atoms with E-state index < -0.39 is 0 Å². The van der Waals surface area contributed by atoms with Crippen molar-refractivity contribution in [3.8, 4) is 28.4 Å². The van der Waals surface area contributed by atoms with Gasteiger partial charge in [0.1, 0.15) is 23.0 Å². The Kier molecular flexibility index (Phi) is 5.75. The fourth-order valence-electron chi connectivity index (χ4n) is 3.24. The molecule has 31 heavy (non-hydrogen) atoms. The van der Waals surface area contributed by atoms with Gasteiger partial charge in [0.2, 0.25) is 0 Å². The number of hydrogen-bond acceptors (Lipinski definition) is 5. The van der Waals surface area contributed by atoms with Crippen LogP contribution >= 0.6 is 0 Å². The van der Waals surface area contributed by atoms with Crippen LogP contribution < -0.4 is 14.8 Å². The lowest BCUT2D eigenvalue weighted by Crippen LogP contribution is -2.25. The maximum absolute atomic E-state index is 13.0. The quantitative estimate of drug-likeness (QED) is 0.483. The van der Waals surface area contributed by atoms with Crippen LogP contribution in [0.2, 0.25) is 0 Å². The number of carbonyl (C=O) groups excluding carboxylic acids is 1. The number of furan rings is 1. The molecule has 4 aromatic rings. The van der Waals surface area contributed by atoms with Crippen molar-refractivity contribution < 1.29 is 18.7 Å². The number of aryl methyl sites for hydroxylation is 1. The van der Waals surface area contributed by atoms with Crippen LogP contribution in [-0.2, 0) is 6.54 Å². The Bertz CT molecular complexity index is 1180. The standard InChI is InChI=1S/C24H23N3O4/c1-16-6-8-17(9-7-16)27-22(24(28)25-15-19-5-4-12-31-19)14-21(26-27)20-11-10-18(29-2)13-23(20)30-3/h4-14H,15H2,1-3H3,(H,25,28). The predicted octanol–water partition coefficient (Wildman–Crippen LogP) is 4.39. The molecule has 0 spiro atoms. The van der Waals surface area contributed by atoms with E-state index in [1.54, 1.807) is 43.4 Å². The second-order valence-corrected chi connectivity index (χ2v) is 6.99. The van der Waals surface area contributed by atoms with Crippen molar-refractivity contribution in [1.29, 1.82) is 0 Å². The summed E-state index contributed by atoms with van der Waals surface area (Å²) in [6.07, 6.45) is 1.58. The van der Waals surface area contributed by atoms with Crippen molar-refractivity contribution >= 4 is 5.91 Å². The third-order valence-corrected chi connectivity index (χ3v) is 4.91. The van der Waals surface area contributed by atoms with Gasteiger partial charge in [-0.25, -0.2) is 4.68 Å². The average molecular weight is 417 g/mol. The van der Waals surface area contributed by atoms with Crippen molar-refractivity contribution in [2.24, 2.45) is 0 Å². The molecule has 1 amide bonds. The Morgan fingerprint density at radius 1 is 1.06 bits per heavy atom. The van der Waals surface area contributed by atoms with E-state index in [1.807, 2.05) is 49.4 Å². The molecule has 0 saturated carbocycles. The number of rotatable bonds is 7. The normalized spacial score (nSPS) is 10.7. The highest BCUT2D eigenvalue weighted by Crippen LogP contribution is 2.33. The second-order valence-electron chi connectivity index (χ2n) is 6.99. The topological polar surface area (TPSA) is 78.5 Å². The molecule has 2 aromatic carbocycles. The summed E-state index contributed by atoms with van der Waals surface area (Å²) < 4.78 is 17.8. The highest BCUT2D eigenvalue weighted by atomic mass is 16.5. The molecule has 0 fully saturated rings. The number of methoxy groups -OCH3 is 2. The molecule has 2 aromatic heterocycles. The number of aromatic nitrogens is 2. The zero-order valence-electron chi connectivity index (χ0n) is 17.6. The molecule has 0 aliphatic heterocycles. The summed E-state index contributed by atoms with van der Waals surface area (Å²) >= 11 is 0. The minimum atomic E-state index is -0.261. The van der Waals surface area contributed by atoms with Gasteiger partial charge in [-0.3, -0.25) is 4.79 Å². The Morgan fingerprint density at radius 3 is 2.55 bits per heavy atom. The molecule has 0 aliphatic carbocycles. The maximum atomic E-state index is 13.0. The fourth-order valence-corrected chi connectivity index (χ4v) is 3.24. The monoisotopic (exact) mass is 417 g/mol. The Balaban J connectivity index is 1.75. The van der Waals surface area contributed by atoms with Crippen LogP contribution in [0.4, 0.5) is 0 Å². The molecule has 4 rings (SSSR count). The highest BCUT2D eigenvalue weighted by Gasteiger charge is 2.20. The molecule has 1 N–H and O–H groups in total. The van der Waals surface area contributed by atoms with E-state index in [1.165, 1.54) is 0 Å². The molecule has 158 valence electrons. The van der Waals surface area contributed by atoms with E-state index in [4.69, 9.17) is 19.0 Å². The molecule has 7 nitrogen and oxygen atoms in total. The number of benzene rings is 2. The first-order valence-corrected chi connectivity index (χ1v) is 9.79. The minimum Gasteiger partial charge on any atom is -0.497 e. The molecule has 0 radical (unpaired) electrons. The minimum absolute atomic E-state index is 0.261. The SMILES string of the molecule is COc1ccc(-c2cc(C(=O)NCc3ccco3)n(-c3ccc(C)cc3)n2)c(OC)c1. The summed E-state index contributed by atoms with van der Waals surface area (Å²) in [5.41, 5.74) is 3.69. The first-order chi connectivity index (χ1) is 15.1. The van der Waals surface area contributed by atoms with Crippen LogP contribution in [0.3, 0.4) is 0 Å². The molecule has 7 heteroatoms. The average Bonchev–Trinajstić information content (AvgIpc) is 3.48. The van der Waals surface area contributed by atoms with Gasteiger partial charge in [-0.05, 0) is 49.4 Å². The van der Waals surface area contributed by atoms with E-state index >= 15 is 0 Å². The lowest BCUT2D eigenvalue weighted by Gasteiger charge is -2.09. The Morgan fingerprint density at radius 2 is 1.87 bits per heavy atom. The molecule has 0 saturated heterocycles. The van der Waals surface area contributed by atoms with Crippen LogP contribution in [0.1, 0.15) is 21.8 Å². The maximum Gasteiger partial charge on any atom is 0.270 e. The van der Waals surface area contributed by atoms with Crippen LogP contribution in [0.15, 0.2) is 71.3 Å². The van der Waals surface area contributed by atoms with E-state index in [2.05, 4.69) is 5.32 Å². The van der Waals surface area contributed by atoms with Crippen molar-refractivity contribution in [2.45, 2.75) is 13.5 Å². The number of nitrogens with zero attached hydrogens (tertiary/aromatic N) is 2. The van der Waals surface area contributed by atoms with Gasteiger partial charge < -0.3 is 19.2 Å². The number of nitrogens with one attached hydrogen (secondary N) is 1. The molecular weight excluding hydrogens is 394 g/mol. The van der Waals surface area contributed by atoms with Crippen LogP contribution in [0.5, 0.6) is 11.5 Å². The van der Waals surface area contributed by atoms with Crippen molar-refractivity contribution in [3.63, 3.8) is 0 Å². The van der Waals surface area contributed by atoms with Gasteiger partial charge in [-0.1, -0.05) is 17.7 Å². The van der Waals surface area contributed by atoms with Gasteiger partial charge in [0, 0.05) is 11.6 Å². The Labute approximate surface area is 180 Å². The molecule has 0 aliphatic rings. The number of carbonyl (C=O) groups is 1. The third kappa shape index (κ3) is 4.30. The summed E-state index contributed by atoms with van der Waals surface area (Å²) in [6, 6.07) is 18.7. The van der Waals surface area contributed by atoms with Gasteiger partial charge in [-0.2, -0.15) is 5.10 Å². The van der Waals surface area contributed by atoms with E-state index in [0.717, 1.165) is 16.8 Å². The van der Waals surface area contributed by atoms with Crippen LogP contribution in [0.25, 0.3) is 16.9 Å². The fraction of sp³-hybridized carbons (Fsp3) is 0.167. The molecule has 0 atom stereocenters. The number of ether oxygens (including phenoxy) is 2.